The van der Waals surface area contributed by atoms with Crippen LogP contribution in [0.4, 0.5) is 4.79 Å². The van der Waals surface area contributed by atoms with Crippen molar-refractivity contribution in [2.24, 2.45) is 0 Å². The summed E-state index contributed by atoms with van der Waals surface area (Å²) in [4.78, 5) is 23.9. The van der Waals surface area contributed by atoms with Gasteiger partial charge in [-0.25, -0.2) is 9.59 Å². The number of aryl methyl sites for hydroxylation is 2. The molecular formula is C27H35NO9. The highest BCUT2D eigenvalue weighted by Crippen LogP contribution is 2.28. The van der Waals surface area contributed by atoms with Crippen molar-refractivity contribution in [1.82, 2.24) is 5.32 Å². The van der Waals surface area contributed by atoms with E-state index < -0.39 is 24.5 Å². The summed E-state index contributed by atoms with van der Waals surface area (Å²) >= 11 is 0. The van der Waals surface area contributed by atoms with Crippen LogP contribution < -0.4 is 19.5 Å². The Morgan fingerprint density at radius 2 is 1.81 bits per heavy atom. The third-order valence-corrected chi connectivity index (χ3v) is 6.06. The number of methoxy groups -OCH3 is 3. The van der Waals surface area contributed by atoms with Gasteiger partial charge in [-0.05, 0) is 73.1 Å². The zero-order chi connectivity index (χ0) is 26.6. The van der Waals surface area contributed by atoms with E-state index in [4.69, 9.17) is 28.4 Å². The molecule has 0 aromatic heterocycles. The molecule has 0 radical (unpaired) electrons. The van der Waals surface area contributed by atoms with Crippen molar-refractivity contribution in [3.05, 3.63) is 53.1 Å². The number of carbonyl (C=O) groups is 2. The number of aliphatic carboxylic acids is 1. The SMILES string of the molecule is COc1ccc(COC(=O)NCC(OC2CCCCO2)C(=O)O)c(CCc2ccc(OC)c(OC)c2)c1. The first kappa shape index (κ1) is 28.1. The van der Waals surface area contributed by atoms with E-state index in [0.29, 0.717) is 43.1 Å². The summed E-state index contributed by atoms with van der Waals surface area (Å²) in [7, 11) is 4.78. The average Bonchev–Trinajstić information content (AvgIpc) is 2.93. The van der Waals surface area contributed by atoms with E-state index in [1.54, 1.807) is 27.4 Å². The van der Waals surface area contributed by atoms with E-state index in [0.717, 1.165) is 29.5 Å². The number of hydrogen-bond acceptors (Lipinski definition) is 8. The van der Waals surface area contributed by atoms with Gasteiger partial charge in [0.25, 0.3) is 0 Å². The lowest BCUT2D eigenvalue weighted by Gasteiger charge is -2.25. The molecule has 0 saturated carbocycles. The Balaban J connectivity index is 1.56. The minimum absolute atomic E-state index is 0.0153. The van der Waals surface area contributed by atoms with E-state index in [9.17, 15) is 14.7 Å². The molecule has 0 spiro atoms. The zero-order valence-electron chi connectivity index (χ0n) is 21.5. The lowest BCUT2D eigenvalue weighted by Crippen LogP contribution is -2.41. The highest BCUT2D eigenvalue weighted by molar-refractivity contribution is 5.74. The maximum atomic E-state index is 12.3. The summed E-state index contributed by atoms with van der Waals surface area (Å²) in [6.45, 7) is 0.312. The molecule has 10 heteroatoms. The minimum Gasteiger partial charge on any atom is -0.497 e. The number of carbonyl (C=O) groups excluding carboxylic acids is 1. The van der Waals surface area contributed by atoms with Crippen LogP contribution in [-0.2, 0) is 38.5 Å². The van der Waals surface area contributed by atoms with Gasteiger partial charge in [0, 0.05) is 6.61 Å². The molecule has 2 N–H and O–H groups in total. The number of rotatable bonds is 13. The molecule has 1 heterocycles. The van der Waals surface area contributed by atoms with Crippen LogP contribution in [-0.4, -0.2) is 64.0 Å². The Kier molecular flexibility index (Phi) is 10.8. The van der Waals surface area contributed by atoms with E-state index >= 15 is 0 Å². The van der Waals surface area contributed by atoms with Crippen molar-refractivity contribution in [3.8, 4) is 17.2 Å². The molecule has 37 heavy (non-hydrogen) atoms. The summed E-state index contributed by atoms with van der Waals surface area (Å²) < 4.78 is 32.4. The van der Waals surface area contributed by atoms with Crippen LogP contribution in [0, 0.1) is 0 Å². The van der Waals surface area contributed by atoms with Crippen molar-refractivity contribution in [1.29, 1.82) is 0 Å². The molecular weight excluding hydrogens is 482 g/mol. The van der Waals surface area contributed by atoms with E-state index in [2.05, 4.69) is 5.32 Å². The number of benzene rings is 2. The first-order chi connectivity index (χ1) is 17.9. The van der Waals surface area contributed by atoms with Crippen LogP contribution in [0.2, 0.25) is 0 Å². The molecule has 2 atom stereocenters. The number of carboxylic acids is 1. The summed E-state index contributed by atoms with van der Waals surface area (Å²) in [5, 5.41) is 11.9. The Labute approximate surface area is 216 Å². The highest BCUT2D eigenvalue weighted by Gasteiger charge is 2.25. The highest BCUT2D eigenvalue weighted by atomic mass is 16.7. The van der Waals surface area contributed by atoms with Crippen molar-refractivity contribution in [3.63, 3.8) is 0 Å². The number of alkyl carbamates (subject to hydrolysis) is 1. The van der Waals surface area contributed by atoms with Crippen LogP contribution >= 0.6 is 0 Å². The van der Waals surface area contributed by atoms with Gasteiger partial charge in [-0.1, -0.05) is 12.1 Å². The van der Waals surface area contributed by atoms with Gasteiger partial charge in [-0.2, -0.15) is 0 Å². The van der Waals surface area contributed by atoms with E-state index in [1.807, 2.05) is 30.3 Å². The smallest absolute Gasteiger partial charge is 0.407 e. The summed E-state index contributed by atoms with van der Waals surface area (Å²) in [5.74, 6) is 0.836. The molecule has 2 aromatic rings. The second kappa shape index (κ2) is 14.3. The van der Waals surface area contributed by atoms with Crippen LogP contribution in [0.25, 0.3) is 0 Å². The molecule has 3 rings (SSSR count). The predicted octanol–water partition coefficient (Wildman–Crippen LogP) is 3.72. The van der Waals surface area contributed by atoms with Gasteiger partial charge in [0.1, 0.15) is 12.4 Å². The molecule has 1 amide bonds. The molecule has 1 aliphatic heterocycles. The second-order valence-electron chi connectivity index (χ2n) is 8.54. The van der Waals surface area contributed by atoms with Gasteiger partial charge in [-0.15, -0.1) is 0 Å². The van der Waals surface area contributed by atoms with Crippen LogP contribution in [0.5, 0.6) is 17.2 Å². The quantitative estimate of drug-likeness (QED) is 0.409. The van der Waals surface area contributed by atoms with Crippen molar-refractivity contribution >= 4 is 12.1 Å². The first-order valence-corrected chi connectivity index (χ1v) is 12.2. The van der Waals surface area contributed by atoms with Gasteiger partial charge in [0.05, 0.1) is 27.9 Å². The molecule has 2 aromatic carbocycles. The second-order valence-corrected chi connectivity index (χ2v) is 8.54. The fraction of sp³-hybridized carbons (Fsp3) is 0.481. The zero-order valence-corrected chi connectivity index (χ0v) is 21.5. The number of nitrogens with one attached hydrogen (secondary N) is 1. The third kappa shape index (κ3) is 8.54. The maximum absolute atomic E-state index is 12.3. The minimum atomic E-state index is -1.23. The van der Waals surface area contributed by atoms with Crippen LogP contribution in [0.1, 0.15) is 36.0 Å². The van der Waals surface area contributed by atoms with Crippen molar-refractivity contribution in [2.45, 2.75) is 51.1 Å². The molecule has 0 bridgehead atoms. The number of carboxylic acid groups (broad SMARTS) is 1. The largest absolute Gasteiger partial charge is 0.497 e. The monoisotopic (exact) mass is 517 g/mol. The van der Waals surface area contributed by atoms with Crippen LogP contribution in [0.15, 0.2) is 36.4 Å². The topological polar surface area (TPSA) is 122 Å². The predicted molar refractivity (Wildman–Crippen MR) is 134 cm³/mol. The normalized spacial score (nSPS) is 15.9. The summed E-state index contributed by atoms with van der Waals surface area (Å²) in [6.07, 6.45) is 1.29. The van der Waals surface area contributed by atoms with E-state index in [1.165, 1.54) is 0 Å². The van der Waals surface area contributed by atoms with Crippen LogP contribution in [0.3, 0.4) is 0 Å². The Morgan fingerprint density at radius 1 is 1.00 bits per heavy atom. The third-order valence-electron chi connectivity index (χ3n) is 6.06. The number of amides is 1. The Hall–Kier alpha value is -3.50. The van der Waals surface area contributed by atoms with Gasteiger partial charge in [0.2, 0.25) is 0 Å². The van der Waals surface area contributed by atoms with Gasteiger partial charge >= 0.3 is 12.1 Å². The standard InChI is InChI=1S/C27H35NO9/c1-32-21-11-10-20(19(15-21)9-7-18-8-12-22(33-2)23(14-18)34-3)17-36-27(31)28-16-24(26(29)30)37-25-6-4-5-13-35-25/h8,10-12,14-15,24-25H,4-7,9,13,16-17H2,1-3H3,(H,28,31)(H,29,30). The fourth-order valence-electron chi connectivity index (χ4n) is 3.98. The van der Waals surface area contributed by atoms with Crippen molar-refractivity contribution < 1.29 is 43.1 Å². The summed E-state index contributed by atoms with van der Waals surface area (Å²) in [5.41, 5.74) is 2.84. The number of hydrogen-bond donors (Lipinski definition) is 2. The van der Waals surface area contributed by atoms with Crippen molar-refractivity contribution in [2.75, 3.05) is 34.5 Å². The average molecular weight is 518 g/mol. The van der Waals surface area contributed by atoms with Gasteiger partial charge in [-0.3, -0.25) is 0 Å². The lowest BCUT2D eigenvalue weighted by atomic mass is 9.99. The Morgan fingerprint density at radius 3 is 2.49 bits per heavy atom. The Bertz CT molecular complexity index is 1040. The molecule has 10 nitrogen and oxygen atoms in total. The van der Waals surface area contributed by atoms with Gasteiger partial charge in [0.15, 0.2) is 23.9 Å². The lowest BCUT2D eigenvalue weighted by molar-refractivity contribution is -0.199. The first-order valence-electron chi connectivity index (χ1n) is 12.2. The molecule has 1 aliphatic rings. The molecule has 202 valence electrons. The molecule has 1 fully saturated rings. The molecule has 1 saturated heterocycles. The maximum Gasteiger partial charge on any atom is 0.407 e. The molecule has 0 aliphatic carbocycles. The van der Waals surface area contributed by atoms with E-state index in [-0.39, 0.29) is 13.2 Å². The molecule has 2 unspecified atom stereocenters. The summed E-state index contributed by atoms with van der Waals surface area (Å²) in [6, 6.07) is 11.3. The number of ether oxygens (including phenoxy) is 6. The fourth-order valence-corrected chi connectivity index (χ4v) is 3.98. The van der Waals surface area contributed by atoms with Gasteiger partial charge < -0.3 is 38.8 Å².